The van der Waals surface area contributed by atoms with Gasteiger partial charge in [0.05, 0.1) is 0 Å². The van der Waals surface area contributed by atoms with Gasteiger partial charge in [-0.05, 0) is 29.3 Å². The Morgan fingerprint density at radius 1 is 1.03 bits per heavy atom. The Morgan fingerprint density at radius 2 is 1.57 bits per heavy atom. The largest absolute Gasteiger partial charge is 0.443 e. The van der Waals surface area contributed by atoms with Crippen LogP contribution in [0.1, 0.15) is 38.3 Å². The average Bonchev–Trinajstić information content (AvgIpc) is 2.81. The van der Waals surface area contributed by atoms with E-state index in [-0.39, 0.29) is 11.6 Å². The van der Waals surface area contributed by atoms with E-state index in [2.05, 4.69) is 38.8 Å². The summed E-state index contributed by atoms with van der Waals surface area (Å²) in [7, 11) is -1.81. The minimum Gasteiger partial charge on any atom is -0.443 e. The van der Waals surface area contributed by atoms with E-state index in [4.69, 9.17) is 9.16 Å². The van der Waals surface area contributed by atoms with Crippen molar-refractivity contribution < 1.29 is 18.3 Å². The molecule has 0 radical (unpaired) electrons. The number of ether oxygens (including phenoxy) is 1. The van der Waals surface area contributed by atoms with E-state index in [1.807, 2.05) is 60.7 Å². The zero-order valence-electron chi connectivity index (χ0n) is 21.9. The van der Waals surface area contributed by atoms with Crippen LogP contribution in [0.15, 0.2) is 60.7 Å². The van der Waals surface area contributed by atoms with Gasteiger partial charge in [0.1, 0.15) is 12.3 Å². The highest BCUT2D eigenvalue weighted by Gasteiger charge is 2.38. The number of alkyl halides is 1. The highest BCUT2D eigenvalue weighted by Crippen LogP contribution is 2.36. The van der Waals surface area contributed by atoms with Gasteiger partial charge in [0.2, 0.25) is 0 Å². The second-order valence-corrected chi connectivity index (χ2v) is 15.8. The molecule has 1 saturated heterocycles. The lowest BCUT2D eigenvalue weighted by atomic mass is 10.1. The second-order valence-electron chi connectivity index (χ2n) is 11.0. The van der Waals surface area contributed by atoms with Crippen LogP contribution in [0.4, 0.5) is 9.18 Å². The first-order valence-corrected chi connectivity index (χ1v) is 15.5. The van der Waals surface area contributed by atoms with E-state index in [0.717, 1.165) is 11.1 Å². The minimum absolute atomic E-state index is 0.155. The van der Waals surface area contributed by atoms with Gasteiger partial charge in [0, 0.05) is 45.8 Å². The van der Waals surface area contributed by atoms with Gasteiger partial charge in [-0.15, -0.1) is 0 Å². The van der Waals surface area contributed by atoms with Gasteiger partial charge >= 0.3 is 6.09 Å². The topological polar surface area (TPSA) is 42.0 Å². The molecule has 2 aromatic carbocycles. The average molecular weight is 501 g/mol. The molecule has 0 N–H and O–H groups in total. The molecular formula is C28H41FN2O3Si. The van der Waals surface area contributed by atoms with Crippen molar-refractivity contribution in [3.63, 3.8) is 0 Å². The molecule has 0 aromatic heterocycles. The maximum atomic E-state index is 15.1. The van der Waals surface area contributed by atoms with Gasteiger partial charge in [-0.25, -0.2) is 9.18 Å². The first-order valence-electron chi connectivity index (χ1n) is 12.6. The lowest BCUT2D eigenvalue weighted by Gasteiger charge is -2.38. The van der Waals surface area contributed by atoms with Crippen LogP contribution in [0, 0.1) is 0 Å². The third-order valence-electron chi connectivity index (χ3n) is 7.19. The van der Waals surface area contributed by atoms with E-state index >= 15 is 4.39 Å². The van der Waals surface area contributed by atoms with Crippen molar-refractivity contribution in [3.05, 3.63) is 71.8 Å². The molecule has 0 bridgehead atoms. The lowest BCUT2D eigenvalue weighted by Crippen LogP contribution is -2.49. The van der Waals surface area contributed by atoms with E-state index < -0.39 is 26.7 Å². The molecule has 5 nitrogen and oxygen atoms in total. The highest BCUT2D eigenvalue weighted by atomic mass is 28.4. The van der Waals surface area contributed by atoms with Gasteiger partial charge in [0.25, 0.3) is 0 Å². The first-order chi connectivity index (χ1) is 16.5. The number of nitrogens with zero attached hydrogens (tertiary/aromatic N) is 2. The molecule has 0 aliphatic carbocycles. The van der Waals surface area contributed by atoms with Crippen LogP contribution in [-0.2, 0) is 22.3 Å². The number of rotatable bonds is 9. The number of carbonyl (C=O) groups excluding carboxylic acids is 1. The first kappa shape index (κ1) is 27.4. The molecule has 2 atom stereocenters. The predicted octanol–water partition coefficient (Wildman–Crippen LogP) is 6.26. The highest BCUT2D eigenvalue weighted by molar-refractivity contribution is 6.74. The zero-order chi connectivity index (χ0) is 25.5. The molecule has 0 unspecified atom stereocenters. The summed E-state index contributed by atoms with van der Waals surface area (Å²) in [6.45, 7) is 14.2. The molecule has 1 aliphatic rings. The number of hydrogen-bond donors (Lipinski definition) is 0. The van der Waals surface area contributed by atoms with Gasteiger partial charge in [-0.2, -0.15) is 0 Å². The van der Waals surface area contributed by atoms with Crippen LogP contribution in [0.25, 0.3) is 0 Å². The van der Waals surface area contributed by atoms with E-state index in [1.54, 1.807) is 4.90 Å². The maximum Gasteiger partial charge on any atom is 0.410 e. The summed E-state index contributed by atoms with van der Waals surface area (Å²) in [5.41, 5.74) is 2.02. The quantitative estimate of drug-likeness (QED) is 0.381. The molecule has 1 amide bonds. The lowest BCUT2D eigenvalue weighted by molar-refractivity contribution is -0.0245. The van der Waals surface area contributed by atoms with Crippen LogP contribution in [-0.4, -0.2) is 62.7 Å². The smallest absolute Gasteiger partial charge is 0.410 e. The third-order valence-corrected chi connectivity index (χ3v) is 11.7. The summed E-state index contributed by atoms with van der Waals surface area (Å²) in [5.74, 6) is 0. The van der Waals surface area contributed by atoms with Crippen LogP contribution >= 0.6 is 0 Å². The Kier molecular flexibility index (Phi) is 9.50. The number of halogens is 1. The molecule has 2 aromatic rings. The summed E-state index contributed by atoms with van der Waals surface area (Å²) < 4.78 is 27.0. The number of carbonyl (C=O) groups is 1. The molecule has 1 fully saturated rings. The van der Waals surface area contributed by atoms with Crippen LogP contribution in [0.2, 0.25) is 18.1 Å². The minimum atomic E-state index is -1.81. The summed E-state index contributed by atoms with van der Waals surface area (Å²) in [5, 5.41) is 0.155. The predicted molar refractivity (Wildman–Crippen MR) is 142 cm³/mol. The van der Waals surface area contributed by atoms with Gasteiger partial charge in [0.15, 0.2) is 8.32 Å². The van der Waals surface area contributed by atoms with Crippen molar-refractivity contribution in [1.29, 1.82) is 0 Å². The zero-order valence-corrected chi connectivity index (χ0v) is 22.9. The Labute approximate surface area is 211 Å². The van der Waals surface area contributed by atoms with Crippen molar-refractivity contribution >= 4 is 14.4 Å². The molecule has 192 valence electrons. The number of hydrogen-bond acceptors (Lipinski definition) is 4. The number of benzene rings is 2. The molecular weight excluding hydrogens is 459 g/mol. The Morgan fingerprint density at radius 3 is 2.06 bits per heavy atom. The van der Waals surface area contributed by atoms with Crippen molar-refractivity contribution in [2.75, 3.05) is 26.2 Å². The Hall–Kier alpha value is -2.22. The van der Waals surface area contributed by atoms with Gasteiger partial charge in [-0.3, -0.25) is 9.80 Å². The molecule has 1 heterocycles. The van der Waals surface area contributed by atoms with Crippen LogP contribution in [0.5, 0.6) is 0 Å². The van der Waals surface area contributed by atoms with Crippen molar-refractivity contribution in [2.45, 2.75) is 70.7 Å². The van der Waals surface area contributed by atoms with Crippen molar-refractivity contribution in [1.82, 2.24) is 9.80 Å². The van der Waals surface area contributed by atoms with Crippen molar-refractivity contribution in [2.24, 2.45) is 0 Å². The Bertz CT molecular complexity index is 879. The van der Waals surface area contributed by atoms with E-state index in [1.165, 1.54) is 0 Å². The van der Waals surface area contributed by atoms with Gasteiger partial charge < -0.3 is 9.16 Å². The fraction of sp³-hybridized carbons (Fsp3) is 0.536. The second kappa shape index (κ2) is 12.1. The van der Waals surface area contributed by atoms with E-state index in [0.29, 0.717) is 39.2 Å². The molecule has 0 saturated carbocycles. The number of piperidine rings is 1. The number of amides is 1. The van der Waals surface area contributed by atoms with Crippen LogP contribution in [0.3, 0.4) is 0 Å². The molecule has 1 aliphatic heterocycles. The summed E-state index contributed by atoms with van der Waals surface area (Å²) >= 11 is 0. The normalized spacial score (nSPS) is 19.4. The standard InChI is InChI=1S/C28H41FN2O3Si/c1-28(2,3)35(4,5)33-19-18-30-17-16-26(25(29)22-30)34-27(32)31(20-23-12-8-6-9-13-23)21-24-14-10-7-11-15-24/h6-15,25-26H,16-22H2,1-5H3/t25-,26-/m0/s1. The molecule has 35 heavy (non-hydrogen) atoms. The fourth-order valence-corrected chi connectivity index (χ4v) is 4.96. The monoisotopic (exact) mass is 500 g/mol. The Balaban J connectivity index is 1.54. The number of likely N-dealkylation sites (tertiary alicyclic amines) is 1. The fourth-order valence-electron chi connectivity index (χ4n) is 3.93. The molecule has 7 heteroatoms. The van der Waals surface area contributed by atoms with Crippen LogP contribution < -0.4 is 0 Å². The van der Waals surface area contributed by atoms with E-state index in [9.17, 15) is 4.79 Å². The third kappa shape index (κ3) is 8.16. The summed E-state index contributed by atoms with van der Waals surface area (Å²) in [6.07, 6.45) is -1.93. The summed E-state index contributed by atoms with van der Waals surface area (Å²) in [6, 6.07) is 19.6. The SMILES string of the molecule is CC(C)(C)[Si](C)(C)OCCN1CC[C@H](OC(=O)N(Cc2ccccc2)Cc2ccccc2)[C@@H](F)C1. The van der Waals surface area contributed by atoms with Crippen molar-refractivity contribution in [3.8, 4) is 0 Å². The summed E-state index contributed by atoms with van der Waals surface area (Å²) in [4.78, 5) is 16.9. The molecule has 0 spiro atoms. The molecule has 3 rings (SSSR count). The maximum absolute atomic E-state index is 15.1. The van der Waals surface area contributed by atoms with Gasteiger partial charge in [-0.1, -0.05) is 81.4 Å².